The van der Waals surface area contributed by atoms with Crippen molar-refractivity contribution in [1.82, 2.24) is 0 Å². The number of hydrogen-bond donors (Lipinski definition) is 0. The summed E-state index contributed by atoms with van der Waals surface area (Å²) in [6.07, 6.45) is 0. The predicted octanol–water partition coefficient (Wildman–Crippen LogP) is 2.03. The highest BCUT2D eigenvalue weighted by Crippen LogP contribution is 2.22. The lowest BCUT2D eigenvalue weighted by atomic mass is 9.95. The van der Waals surface area contributed by atoms with Crippen molar-refractivity contribution in [3.63, 3.8) is 0 Å². The number of rotatable bonds is 6. The lowest BCUT2D eigenvalue weighted by Crippen LogP contribution is -2.16. The number of carbonyl (C=O) groups excluding carboxylic acids is 2. The van der Waals surface area contributed by atoms with Gasteiger partial charge in [0.1, 0.15) is 0 Å². The monoisotopic (exact) mass is 300 g/mol. The van der Waals surface area contributed by atoms with Crippen LogP contribution in [0.5, 0.6) is 0 Å². The van der Waals surface area contributed by atoms with Gasteiger partial charge >= 0.3 is 11.9 Å². The molecule has 22 heavy (non-hydrogen) atoms. The molecule has 114 valence electrons. The lowest BCUT2D eigenvalue weighted by Gasteiger charge is -2.11. The molecule has 0 aliphatic carbocycles. The topological polar surface area (TPSA) is 100 Å². The van der Waals surface area contributed by atoms with E-state index in [1.54, 1.807) is 13.8 Å². The second-order valence-corrected chi connectivity index (χ2v) is 4.29. The van der Waals surface area contributed by atoms with E-state index in [-0.39, 0.29) is 13.2 Å². The standard InChI is InChI=1S/C16H16N2O4/c1-3-21-15(19)13(9-17)11-5-7-12(8-6-11)14(10-18)16(20)22-4-2/h5-8,13-14H,3-4H2,1-2H3. The first kappa shape index (κ1) is 17.2. The first-order chi connectivity index (χ1) is 10.6. The molecule has 0 saturated carbocycles. The summed E-state index contributed by atoms with van der Waals surface area (Å²) >= 11 is 0. The second-order valence-electron chi connectivity index (χ2n) is 4.29. The van der Waals surface area contributed by atoms with Gasteiger partial charge in [-0.15, -0.1) is 0 Å². The van der Waals surface area contributed by atoms with Crippen molar-refractivity contribution in [3.8, 4) is 12.1 Å². The van der Waals surface area contributed by atoms with E-state index in [4.69, 9.17) is 20.0 Å². The molecule has 0 heterocycles. The molecule has 6 heteroatoms. The Hall–Kier alpha value is -2.86. The van der Waals surface area contributed by atoms with Gasteiger partial charge in [0.05, 0.1) is 25.4 Å². The van der Waals surface area contributed by atoms with Crippen molar-refractivity contribution in [1.29, 1.82) is 10.5 Å². The zero-order chi connectivity index (χ0) is 16.5. The molecule has 2 unspecified atom stereocenters. The summed E-state index contributed by atoms with van der Waals surface area (Å²) in [7, 11) is 0. The molecule has 0 amide bonds. The predicted molar refractivity (Wildman–Crippen MR) is 76.4 cm³/mol. The molecule has 0 radical (unpaired) electrons. The van der Waals surface area contributed by atoms with Gasteiger partial charge in [0.25, 0.3) is 0 Å². The van der Waals surface area contributed by atoms with Crippen LogP contribution in [-0.4, -0.2) is 25.2 Å². The van der Waals surface area contributed by atoms with Gasteiger partial charge in [-0.05, 0) is 25.0 Å². The highest BCUT2D eigenvalue weighted by molar-refractivity contribution is 5.82. The average molecular weight is 300 g/mol. The van der Waals surface area contributed by atoms with Crippen molar-refractivity contribution in [3.05, 3.63) is 35.4 Å². The Morgan fingerprint density at radius 1 is 0.909 bits per heavy atom. The maximum atomic E-state index is 11.7. The van der Waals surface area contributed by atoms with E-state index in [0.717, 1.165) is 0 Å². The third-order valence-corrected chi connectivity index (χ3v) is 2.91. The third-order valence-electron chi connectivity index (χ3n) is 2.91. The second kappa shape index (κ2) is 8.43. The molecule has 6 nitrogen and oxygen atoms in total. The van der Waals surface area contributed by atoms with Crippen LogP contribution in [0.3, 0.4) is 0 Å². The van der Waals surface area contributed by atoms with Crippen LogP contribution in [0.4, 0.5) is 0 Å². The van der Waals surface area contributed by atoms with Gasteiger partial charge in [0.15, 0.2) is 11.8 Å². The summed E-state index contributed by atoms with van der Waals surface area (Å²) < 4.78 is 9.66. The van der Waals surface area contributed by atoms with Gasteiger partial charge < -0.3 is 9.47 Å². The minimum atomic E-state index is -1.03. The fourth-order valence-electron chi connectivity index (χ4n) is 1.86. The number of benzene rings is 1. The quantitative estimate of drug-likeness (QED) is 0.745. The number of nitriles is 2. The molecule has 0 aromatic heterocycles. The summed E-state index contributed by atoms with van der Waals surface area (Å²) in [5.41, 5.74) is 0.899. The van der Waals surface area contributed by atoms with Gasteiger partial charge in [-0.3, -0.25) is 9.59 Å². The number of esters is 2. The fourth-order valence-corrected chi connectivity index (χ4v) is 1.86. The van der Waals surface area contributed by atoms with E-state index in [0.29, 0.717) is 11.1 Å². The number of nitrogens with zero attached hydrogens (tertiary/aromatic N) is 2. The summed E-state index contributed by atoms with van der Waals surface area (Å²) in [6.45, 7) is 3.70. The molecule has 1 rings (SSSR count). The normalized spacial score (nSPS) is 12.4. The third kappa shape index (κ3) is 4.07. The molecule has 1 aromatic rings. The smallest absolute Gasteiger partial charge is 0.327 e. The van der Waals surface area contributed by atoms with E-state index < -0.39 is 23.8 Å². The molecule has 0 fully saturated rings. The van der Waals surface area contributed by atoms with Crippen molar-refractivity contribution in [2.75, 3.05) is 13.2 Å². The molecular weight excluding hydrogens is 284 g/mol. The van der Waals surface area contributed by atoms with E-state index in [2.05, 4.69) is 0 Å². The maximum Gasteiger partial charge on any atom is 0.327 e. The van der Waals surface area contributed by atoms with E-state index >= 15 is 0 Å². The van der Waals surface area contributed by atoms with Gasteiger partial charge in [-0.1, -0.05) is 24.3 Å². The number of hydrogen-bond acceptors (Lipinski definition) is 6. The summed E-state index contributed by atoms with van der Waals surface area (Å²) in [5.74, 6) is -3.31. The van der Waals surface area contributed by atoms with Gasteiger partial charge in [0, 0.05) is 0 Å². The molecule has 0 bridgehead atoms. The Bertz CT molecular complexity index is 556. The summed E-state index contributed by atoms with van der Waals surface area (Å²) in [4.78, 5) is 23.3. The highest BCUT2D eigenvalue weighted by Gasteiger charge is 2.24. The molecule has 0 spiro atoms. The Labute approximate surface area is 128 Å². The first-order valence-electron chi connectivity index (χ1n) is 6.81. The van der Waals surface area contributed by atoms with E-state index in [1.165, 1.54) is 24.3 Å². The molecule has 0 N–H and O–H groups in total. The summed E-state index contributed by atoms with van der Waals surface area (Å²) in [5, 5.41) is 18.2. The molecule has 0 saturated heterocycles. The van der Waals surface area contributed by atoms with Crippen LogP contribution in [0.25, 0.3) is 0 Å². The van der Waals surface area contributed by atoms with Crippen LogP contribution in [0.1, 0.15) is 36.8 Å². The van der Waals surface area contributed by atoms with Crippen molar-refractivity contribution >= 4 is 11.9 Å². The fraction of sp³-hybridized carbons (Fsp3) is 0.375. The van der Waals surface area contributed by atoms with Crippen LogP contribution >= 0.6 is 0 Å². The Morgan fingerprint density at radius 2 is 1.23 bits per heavy atom. The molecule has 1 aromatic carbocycles. The van der Waals surface area contributed by atoms with Crippen molar-refractivity contribution < 1.29 is 19.1 Å². The Kier molecular flexibility index (Phi) is 6.59. The Morgan fingerprint density at radius 3 is 1.45 bits per heavy atom. The molecule has 2 atom stereocenters. The first-order valence-corrected chi connectivity index (χ1v) is 6.81. The minimum Gasteiger partial charge on any atom is -0.465 e. The van der Waals surface area contributed by atoms with Crippen LogP contribution in [0.2, 0.25) is 0 Å². The van der Waals surface area contributed by atoms with Crippen molar-refractivity contribution in [2.45, 2.75) is 25.7 Å². The maximum absolute atomic E-state index is 11.7. The average Bonchev–Trinajstić information content (AvgIpc) is 2.51. The van der Waals surface area contributed by atoms with Crippen LogP contribution in [0.15, 0.2) is 24.3 Å². The van der Waals surface area contributed by atoms with Crippen LogP contribution in [-0.2, 0) is 19.1 Å². The van der Waals surface area contributed by atoms with Gasteiger partial charge in [-0.25, -0.2) is 0 Å². The van der Waals surface area contributed by atoms with Crippen LogP contribution in [0, 0.1) is 22.7 Å². The van der Waals surface area contributed by atoms with Crippen LogP contribution < -0.4 is 0 Å². The van der Waals surface area contributed by atoms with E-state index in [9.17, 15) is 9.59 Å². The lowest BCUT2D eigenvalue weighted by molar-refractivity contribution is -0.144. The number of ether oxygens (including phenoxy) is 2. The zero-order valence-corrected chi connectivity index (χ0v) is 12.4. The highest BCUT2D eigenvalue weighted by atomic mass is 16.5. The number of carbonyl (C=O) groups is 2. The van der Waals surface area contributed by atoms with Gasteiger partial charge in [0.2, 0.25) is 0 Å². The Balaban J connectivity index is 2.99. The largest absolute Gasteiger partial charge is 0.465 e. The SMILES string of the molecule is CCOC(=O)C(C#N)c1ccc(C(C#N)C(=O)OCC)cc1. The van der Waals surface area contributed by atoms with Gasteiger partial charge in [-0.2, -0.15) is 10.5 Å². The molecule has 0 aliphatic heterocycles. The van der Waals surface area contributed by atoms with Crippen molar-refractivity contribution in [2.24, 2.45) is 0 Å². The molecule has 0 aliphatic rings. The minimum absolute atomic E-state index is 0.189. The van der Waals surface area contributed by atoms with E-state index in [1.807, 2.05) is 12.1 Å². The molecular formula is C16H16N2O4. The summed E-state index contributed by atoms with van der Waals surface area (Å²) in [6, 6.07) is 9.88. The zero-order valence-electron chi connectivity index (χ0n) is 12.4.